The number of nitrogens with zero attached hydrogens (tertiary/aromatic N) is 6. The molecule has 0 unspecified atom stereocenters. The second kappa shape index (κ2) is 7.86. The number of aromatic nitrogens is 6. The SMILES string of the molecule is Nc1nc(-n2nc(Cc3c(F)ccc(F)c3F)c3ccccc32)nc(N)c1-c1cnccn1. The molecular formula is C22H15F3N8. The monoisotopic (exact) mass is 448 g/mol. The Bertz CT molecular complexity index is 1480. The number of para-hydroxylation sites is 1. The molecule has 8 nitrogen and oxygen atoms in total. The Morgan fingerprint density at radius 3 is 2.33 bits per heavy atom. The number of fused-ring (bicyclic) bond motifs is 1. The van der Waals surface area contributed by atoms with Crippen LogP contribution >= 0.6 is 0 Å². The van der Waals surface area contributed by atoms with Gasteiger partial charge in [0.05, 0.1) is 28.7 Å². The van der Waals surface area contributed by atoms with Crippen molar-refractivity contribution in [2.24, 2.45) is 0 Å². The van der Waals surface area contributed by atoms with Gasteiger partial charge in [0.15, 0.2) is 11.6 Å². The van der Waals surface area contributed by atoms with Gasteiger partial charge in [-0.3, -0.25) is 9.97 Å². The van der Waals surface area contributed by atoms with Gasteiger partial charge in [-0.25, -0.2) is 13.2 Å². The van der Waals surface area contributed by atoms with Gasteiger partial charge in [0, 0.05) is 29.8 Å². The van der Waals surface area contributed by atoms with Crippen LogP contribution in [0, 0.1) is 17.5 Å². The molecule has 0 fully saturated rings. The molecule has 3 aromatic heterocycles. The molecule has 3 heterocycles. The number of hydrogen-bond donors (Lipinski definition) is 2. The number of benzene rings is 2. The second-order valence-electron chi connectivity index (χ2n) is 7.13. The van der Waals surface area contributed by atoms with Crippen LogP contribution in [0.2, 0.25) is 0 Å². The van der Waals surface area contributed by atoms with Crippen LogP contribution in [0.25, 0.3) is 28.1 Å². The van der Waals surface area contributed by atoms with Gasteiger partial charge in [0.25, 0.3) is 5.95 Å². The van der Waals surface area contributed by atoms with Gasteiger partial charge in [0.2, 0.25) is 0 Å². The number of hydrogen-bond acceptors (Lipinski definition) is 7. The fraction of sp³-hybridized carbons (Fsp3) is 0.0455. The van der Waals surface area contributed by atoms with Crippen LogP contribution < -0.4 is 11.5 Å². The van der Waals surface area contributed by atoms with E-state index in [1.165, 1.54) is 23.3 Å². The van der Waals surface area contributed by atoms with Gasteiger partial charge in [-0.2, -0.15) is 19.7 Å². The van der Waals surface area contributed by atoms with Crippen LogP contribution in [0.4, 0.5) is 24.8 Å². The lowest BCUT2D eigenvalue weighted by Gasteiger charge is -2.09. The van der Waals surface area contributed by atoms with Gasteiger partial charge < -0.3 is 11.5 Å². The molecule has 2 aromatic carbocycles. The number of halogens is 3. The first-order valence-electron chi connectivity index (χ1n) is 9.72. The van der Waals surface area contributed by atoms with E-state index < -0.39 is 23.0 Å². The van der Waals surface area contributed by atoms with E-state index in [9.17, 15) is 13.2 Å². The Hall–Kier alpha value is -4.54. The van der Waals surface area contributed by atoms with Crippen LogP contribution in [0.1, 0.15) is 11.3 Å². The van der Waals surface area contributed by atoms with Crippen molar-refractivity contribution >= 4 is 22.5 Å². The maximum atomic E-state index is 14.3. The standard InChI is InChI=1S/C22H15F3N8/c23-13-5-6-14(24)19(25)12(13)9-15-11-3-1-2-4-17(11)33(32-15)22-30-20(26)18(21(27)31-22)16-10-28-7-8-29-16/h1-8,10H,9H2,(H4,26,27,30,31). The van der Waals surface area contributed by atoms with Crippen LogP contribution in [0.5, 0.6) is 0 Å². The molecule has 5 aromatic rings. The highest BCUT2D eigenvalue weighted by Crippen LogP contribution is 2.30. The van der Waals surface area contributed by atoms with Crippen molar-refractivity contribution in [3.8, 4) is 17.2 Å². The Morgan fingerprint density at radius 1 is 0.879 bits per heavy atom. The number of rotatable bonds is 4. The van der Waals surface area contributed by atoms with Crippen molar-refractivity contribution in [1.29, 1.82) is 0 Å². The number of nitrogens with two attached hydrogens (primary N) is 2. The van der Waals surface area contributed by atoms with Crippen LogP contribution in [-0.4, -0.2) is 29.7 Å². The van der Waals surface area contributed by atoms with E-state index in [1.807, 2.05) is 0 Å². The molecule has 33 heavy (non-hydrogen) atoms. The quantitative estimate of drug-likeness (QED) is 0.404. The van der Waals surface area contributed by atoms with Crippen molar-refractivity contribution in [2.75, 3.05) is 11.5 Å². The van der Waals surface area contributed by atoms with E-state index in [4.69, 9.17) is 11.5 Å². The number of nitrogen functional groups attached to an aromatic ring is 2. The molecule has 0 aliphatic carbocycles. The third-order valence-electron chi connectivity index (χ3n) is 5.11. The maximum absolute atomic E-state index is 14.3. The smallest absolute Gasteiger partial charge is 0.255 e. The van der Waals surface area contributed by atoms with Gasteiger partial charge in [-0.05, 0) is 18.2 Å². The predicted octanol–water partition coefficient (Wildman–Crippen LogP) is 3.45. The molecule has 0 bridgehead atoms. The summed E-state index contributed by atoms with van der Waals surface area (Å²) in [6.07, 6.45) is 4.19. The molecule has 11 heteroatoms. The molecule has 0 radical (unpaired) electrons. The minimum absolute atomic E-state index is 0.0558. The summed E-state index contributed by atoms with van der Waals surface area (Å²) in [4.78, 5) is 16.8. The van der Waals surface area contributed by atoms with Gasteiger partial charge in [-0.1, -0.05) is 18.2 Å². The largest absolute Gasteiger partial charge is 0.383 e. The summed E-state index contributed by atoms with van der Waals surface area (Å²) >= 11 is 0. The normalized spacial score (nSPS) is 11.2. The molecule has 0 aliphatic heterocycles. The first-order chi connectivity index (χ1) is 15.9. The Kier molecular flexibility index (Phi) is 4.85. The zero-order valence-corrected chi connectivity index (χ0v) is 16.9. The summed E-state index contributed by atoms with van der Waals surface area (Å²) in [5.41, 5.74) is 13.4. The lowest BCUT2D eigenvalue weighted by atomic mass is 10.1. The Morgan fingerprint density at radius 2 is 1.61 bits per heavy atom. The van der Waals surface area contributed by atoms with E-state index in [-0.39, 0.29) is 24.0 Å². The summed E-state index contributed by atoms with van der Waals surface area (Å²) in [5, 5.41) is 5.03. The highest BCUT2D eigenvalue weighted by atomic mass is 19.2. The lowest BCUT2D eigenvalue weighted by molar-refractivity contribution is 0.482. The predicted molar refractivity (Wildman–Crippen MR) is 116 cm³/mol. The highest BCUT2D eigenvalue weighted by molar-refractivity contribution is 5.84. The maximum Gasteiger partial charge on any atom is 0.255 e. The highest BCUT2D eigenvalue weighted by Gasteiger charge is 2.21. The molecule has 0 aliphatic rings. The van der Waals surface area contributed by atoms with E-state index >= 15 is 0 Å². The zero-order chi connectivity index (χ0) is 23.1. The van der Waals surface area contributed by atoms with Gasteiger partial charge >= 0.3 is 0 Å². The summed E-state index contributed by atoms with van der Waals surface area (Å²) in [6.45, 7) is 0. The summed E-state index contributed by atoms with van der Waals surface area (Å²) in [7, 11) is 0. The van der Waals surface area contributed by atoms with E-state index in [0.29, 0.717) is 27.9 Å². The van der Waals surface area contributed by atoms with Crippen LogP contribution in [0.3, 0.4) is 0 Å². The molecule has 164 valence electrons. The minimum Gasteiger partial charge on any atom is -0.383 e. The number of anilines is 2. The second-order valence-corrected chi connectivity index (χ2v) is 7.13. The molecule has 4 N–H and O–H groups in total. The summed E-state index contributed by atoms with van der Waals surface area (Å²) in [6, 6.07) is 8.58. The third-order valence-corrected chi connectivity index (χ3v) is 5.11. The molecule has 0 atom stereocenters. The van der Waals surface area contributed by atoms with Crippen molar-refractivity contribution < 1.29 is 13.2 Å². The molecule has 0 saturated carbocycles. The first-order valence-corrected chi connectivity index (χ1v) is 9.72. The van der Waals surface area contributed by atoms with Crippen molar-refractivity contribution in [2.45, 2.75) is 6.42 Å². The van der Waals surface area contributed by atoms with Gasteiger partial charge in [-0.15, -0.1) is 0 Å². The van der Waals surface area contributed by atoms with Crippen molar-refractivity contribution in [1.82, 2.24) is 29.7 Å². The molecule has 0 spiro atoms. The fourth-order valence-corrected chi connectivity index (χ4v) is 3.58. The van der Waals surface area contributed by atoms with Crippen LogP contribution in [0.15, 0.2) is 55.0 Å². The topological polar surface area (TPSA) is 121 Å². The zero-order valence-electron chi connectivity index (χ0n) is 16.9. The molecule has 0 saturated heterocycles. The average Bonchev–Trinajstić information content (AvgIpc) is 3.18. The first kappa shape index (κ1) is 20.4. The van der Waals surface area contributed by atoms with Crippen LogP contribution in [-0.2, 0) is 6.42 Å². The lowest BCUT2D eigenvalue weighted by Crippen LogP contribution is -2.10. The average molecular weight is 448 g/mol. The third kappa shape index (κ3) is 3.49. The Labute approximate surface area is 184 Å². The molecule has 5 rings (SSSR count). The molecule has 0 amide bonds. The minimum atomic E-state index is -1.26. The van der Waals surface area contributed by atoms with Crippen molar-refractivity contribution in [3.63, 3.8) is 0 Å². The van der Waals surface area contributed by atoms with Crippen molar-refractivity contribution in [3.05, 3.63) is 83.7 Å². The van der Waals surface area contributed by atoms with Gasteiger partial charge in [0.1, 0.15) is 17.5 Å². The summed E-state index contributed by atoms with van der Waals surface area (Å²) < 4.78 is 43.6. The fourth-order valence-electron chi connectivity index (χ4n) is 3.58. The van der Waals surface area contributed by atoms with E-state index in [0.717, 1.165) is 12.1 Å². The Balaban J connectivity index is 1.65. The van der Waals surface area contributed by atoms with E-state index in [1.54, 1.807) is 24.3 Å². The molecular weight excluding hydrogens is 433 g/mol. The van der Waals surface area contributed by atoms with E-state index in [2.05, 4.69) is 25.0 Å². The summed E-state index contributed by atoms with van der Waals surface area (Å²) in [5.74, 6) is -3.10.